The maximum Gasteiger partial charge on any atom is 0.184 e. The summed E-state index contributed by atoms with van der Waals surface area (Å²) < 4.78 is 25.7. The highest BCUT2D eigenvalue weighted by Gasteiger charge is 2.50. The first-order valence-electron chi connectivity index (χ1n) is 11.2. The van der Waals surface area contributed by atoms with E-state index in [2.05, 4.69) is 30.3 Å². The van der Waals surface area contributed by atoms with Crippen LogP contribution >= 0.6 is 0 Å². The second kappa shape index (κ2) is 6.92. The molecular formula is C27H24O4. The second-order valence-corrected chi connectivity index (χ2v) is 8.84. The van der Waals surface area contributed by atoms with Gasteiger partial charge in [-0.2, -0.15) is 0 Å². The van der Waals surface area contributed by atoms with Crippen LogP contribution in [0.3, 0.4) is 0 Å². The summed E-state index contributed by atoms with van der Waals surface area (Å²) in [7, 11) is 0. The lowest BCUT2D eigenvalue weighted by Gasteiger charge is -2.43. The molecule has 0 N–H and O–H groups in total. The molecule has 156 valence electrons. The molecule has 7 rings (SSSR count). The standard InChI is InChI=1S/C27H24O4/c1-3-8-16(9-4-1)22-19-13-7-12-18(19)20-14-28-26-23(20)25(22)30-21-15-29-27(31-24(21)26)17-10-5-2-6-11-17/h1-6,8-11,21,24,26-27H,7,12-15H2/t21-,24+,26-,27?/m1/s1. The minimum absolute atomic E-state index is 0.104. The molecule has 4 atom stereocenters. The Bertz CT molecular complexity index is 1140. The molecule has 0 radical (unpaired) electrons. The lowest BCUT2D eigenvalue weighted by Crippen LogP contribution is -2.49. The van der Waals surface area contributed by atoms with Crippen molar-refractivity contribution >= 4 is 0 Å². The van der Waals surface area contributed by atoms with E-state index in [1.54, 1.807) is 0 Å². The van der Waals surface area contributed by atoms with Crippen LogP contribution < -0.4 is 4.74 Å². The number of hydrogen-bond donors (Lipinski definition) is 0. The van der Waals surface area contributed by atoms with Crippen LogP contribution in [0.2, 0.25) is 0 Å². The molecule has 3 aromatic rings. The number of rotatable bonds is 2. The Morgan fingerprint density at radius 1 is 0.774 bits per heavy atom. The first kappa shape index (κ1) is 18.0. The van der Waals surface area contributed by atoms with Crippen LogP contribution in [-0.2, 0) is 33.7 Å². The molecule has 31 heavy (non-hydrogen) atoms. The van der Waals surface area contributed by atoms with Gasteiger partial charge in [0.05, 0.1) is 13.2 Å². The van der Waals surface area contributed by atoms with Crippen LogP contribution in [0.15, 0.2) is 60.7 Å². The lowest BCUT2D eigenvalue weighted by molar-refractivity contribution is -0.280. The quantitative estimate of drug-likeness (QED) is 0.573. The van der Waals surface area contributed by atoms with Crippen molar-refractivity contribution in [3.8, 4) is 16.9 Å². The first-order chi connectivity index (χ1) is 15.4. The molecule has 4 nitrogen and oxygen atoms in total. The fourth-order valence-electron chi connectivity index (χ4n) is 5.79. The summed E-state index contributed by atoms with van der Waals surface area (Å²) in [5.74, 6) is 0.996. The van der Waals surface area contributed by atoms with E-state index in [0.717, 1.165) is 24.2 Å². The summed E-state index contributed by atoms with van der Waals surface area (Å²) >= 11 is 0. The Balaban J connectivity index is 1.35. The summed E-state index contributed by atoms with van der Waals surface area (Å²) in [4.78, 5) is 0. The predicted octanol–water partition coefficient (Wildman–Crippen LogP) is 5.29. The molecule has 0 bridgehead atoms. The van der Waals surface area contributed by atoms with Gasteiger partial charge < -0.3 is 18.9 Å². The van der Waals surface area contributed by atoms with Gasteiger partial charge >= 0.3 is 0 Å². The average Bonchev–Trinajstić information content (AvgIpc) is 3.49. The highest BCUT2D eigenvalue weighted by atomic mass is 16.7. The molecule has 1 aliphatic carbocycles. The van der Waals surface area contributed by atoms with E-state index in [-0.39, 0.29) is 24.6 Å². The van der Waals surface area contributed by atoms with Crippen molar-refractivity contribution < 1.29 is 18.9 Å². The molecular weight excluding hydrogens is 388 g/mol. The van der Waals surface area contributed by atoms with Gasteiger partial charge in [-0.05, 0) is 41.5 Å². The zero-order chi connectivity index (χ0) is 20.4. The largest absolute Gasteiger partial charge is 0.484 e. The Morgan fingerprint density at radius 2 is 1.55 bits per heavy atom. The van der Waals surface area contributed by atoms with Crippen LogP contribution in [0.25, 0.3) is 11.1 Å². The van der Waals surface area contributed by atoms with Crippen molar-refractivity contribution in [3.63, 3.8) is 0 Å². The summed E-state index contributed by atoms with van der Waals surface area (Å²) in [6.45, 7) is 1.14. The highest BCUT2D eigenvalue weighted by Crippen LogP contribution is 2.55. The van der Waals surface area contributed by atoms with E-state index in [9.17, 15) is 0 Å². The maximum absolute atomic E-state index is 6.69. The topological polar surface area (TPSA) is 36.9 Å². The third-order valence-corrected chi connectivity index (χ3v) is 7.13. The van der Waals surface area contributed by atoms with Gasteiger partial charge in [0.1, 0.15) is 18.0 Å². The Morgan fingerprint density at radius 3 is 2.39 bits per heavy atom. The van der Waals surface area contributed by atoms with Crippen molar-refractivity contribution in [3.05, 3.63) is 88.5 Å². The van der Waals surface area contributed by atoms with E-state index < -0.39 is 0 Å². The van der Waals surface area contributed by atoms with E-state index >= 15 is 0 Å². The predicted molar refractivity (Wildman–Crippen MR) is 116 cm³/mol. The molecule has 4 aliphatic rings. The van der Waals surface area contributed by atoms with E-state index in [4.69, 9.17) is 18.9 Å². The monoisotopic (exact) mass is 412 g/mol. The summed E-state index contributed by atoms with van der Waals surface area (Å²) in [5.41, 5.74) is 9.00. The van der Waals surface area contributed by atoms with Crippen LogP contribution in [0.5, 0.6) is 5.75 Å². The van der Waals surface area contributed by atoms with Crippen LogP contribution in [0.4, 0.5) is 0 Å². The minimum atomic E-state index is -0.386. The fraction of sp³-hybridized carbons (Fsp3) is 0.333. The number of ether oxygens (including phenoxy) is 4. The zero-order valence-corrected chi connectivity index (χ0v) is 17.3. The average molecular weight is 412 g/mol. The van der Waals surface area contributed by atoms with E-state index in [0.29, 0.717) is 13.2 Å². The number of fused-ring (bicyclic) bond motifs is 4. The van der Waals surface area contributed by atoms with Crippen LogP contribution in [0.1, 0.15) is 46.6 Å². The van der Waals surface area contributed by atoms with Gasteiger partial charge in [0, 0.05) is 16.7 Å². The molecule has 4 heteroatoms. The second-order valence-electron chi connectivity index (χ2n) is 8.84. The maximum atomic E-state index is 6.69. The highest BCUT2D eigenvalue weighted by molar-refractivity contribution is 5.80. The van der Waals surface area contributed by atoms with Gasteiger partial charge in [0.25, 0.3) is 0 Å². The fourth-order valence-corrected chi connectivity index (χ4v) is 5.79. The molecule has 1 unspecified atom stereocenters. The van der Waals surface area contributed by atoms with Gasteiger partial charge in [-0.3, -0.25) is 0 Å². The SMILES string of the molecule is c1ccc(-c2c3c(c4c5c2O[C@@H]2COC(c6ccccc6)O[C@@H]2[C@@H]5OC4)CCC3)cc1. The van der Waals surface area contributed by atoms with Crippen LogP contribution in [0, 0.1) is 0 Å². The van der Waals surface area contributed by atoms with Gasteiger partial charge in [-0.25, -0.2) is 0 Å². The normalized spacial score (nSPS) is 27.9. The van der Waals surface area contributed by atoms with Crippen molar-refractivity contribution in [2.24, 2.45) is 0 Å². The van der Waals surface area contributed by atoms with Crippen molar-refractivity contribution in [1.82, 2.24) is 0 Å². The molecule has 3 aliphatic heterocycles. The Hall–Kier alpha value is -2.66. The smallest absolute Gasteiger partial charge is 0.184 e. The molecule has 0 spiro atoms. The molecule has 1 fully saturated rings. The summed E-state index contributed by atoms with van der Waals surface area (Å²) in [5, 5.41) is 0. The Labute approximate surface area is 181 Å². The molecule has 0 amide bonds. The minimum Gasteiger partial charge on any atom is -0.484 e. The molecule has 0 saturated carbocycles. The third kappa shape index (κ3) is 2.65. The van der Waals surface area contributed by atoms with Gasteiger partial charge in [-0.1, -0.05) is 60.7 Å². The number of hydrogen-bond acceptors (Lipinski definition) is 4. The summed E-state index contributed by atoms with van der Waals surface area (Å²) in [6, 6.07) is 20.8. The third-order valence-electron chi connectivity index (χ3n) is 7.13. The molecule has 3 heterocycles. The van der Waals surface area contributed by atoms with Crippen LogP contribution in [-0.4, -0.2) is 18.8 Å². The van der Waals surface area contributed by atoms with E-state index in [1.807, 2.05) is 30.3 Å². The van der Waals surface area contributed by atoms with Gasteiger partial charge in [0.15, 0.2) is 12.4 Å². The van der Waals surface area contributed by atoms with E-state index in [1.165, 1.54) is 39.8 Å². The van der Waals surface area contributed by atoms with Gasteiger partial charge in [0.2, 0.25) is 0 Å². The molecule has 0 aromatic heterocycles. The first-order valence-corrected chi connectivity index (χ1v) is 11.2. The number of benzene rings is 3. The van der Waals surface area contributed by atoms with Crippen molar-refractivity contribution in [2.75, 3.05) is 6.61 Å². The zero-order valence-electron chi connectivity index (χ0n) is 17.3. The lowest BCUT2D eigenvalue weighted by atomic mass is 9.84. The molecule has 3 aromatic carbocycles. The molecule has 1 saturated heterocycles. The van der Waals surface area contributed by atoms with Crippen molar-refractivity contribution in [2.45, 2.75) is 50.5 Å². The van der Waals surface area contributed by atoms with Gasteiger partial charge in [-0.15, -0.1) is 0 Å². The Kier molecular flexibility index (Phi) is 4.01. The summed E-state index contributed by atoms with van der Waals surface area (Å²) in [6.07, 6.45) is 2.58. The van der Waals surface area contributed by atoms with Crippen molar-refractivity contribution in [1.29, 1.82) is 0 Å².